The number of pyridine rings is 1. The van der Waals surface area contributed by atoms with Crippen molar-refractivity contribution in [2.24, 2.45) is 0 Å². The average Bonchev–Trinajstić information content (AvgIpc) is 2.86. The fraction of sp³-hybridized carbons (Fsp3) is 0.296. The minimum absolute atomic E-state index is 0.143. The molecule has 11 heteroatoms. The number of benzene rings is 2. The van der Waals surface area contributed by atoms with E-state index >= 15 is 0 Å². The molecule has 5 nitrogen and oxygen atoms in total. The molecule has 0 aliphatic carbocycles. The Kier molecular flexibility index (Phi) is 7.33. The molecule has 2 aromatic heterocycles. The zero-order chi connectivity index (χ0) is 27.8. The van der Waals surface area contributed by atoms with E-state index in [-0.39, 0.29) is 23.3 Å². The lowest BCUT2D eigenvalue weighted by Gasteiger charge is -2.27. The summed E-state index contributed by atoms with van der Waals surface area (Å²) in [5, 5.41) is 3.54. The first-order valence-electron chi connectivity index (χ1n) is 11.8. The highest BCUT2D eigenvalue weighted by molar-refractivity contribution is 5.93. The van der Waals surface area contributed by atoms with E-state index in [1.165, 1.54) is 36.5 Å². The van der Waals surface area contributed by atoms with Gasteiger partial charge >= 0.3 is 12.4 Å². The summed E-state index contributed by atoms with van der Waals surface area (Å²) in [5.74, 6) is 0.717. The molecule has 0 saturated heterocycles. The largest absolute Gasteiger partial charge is 0.418 e. The predicted octanol–water partition coefficient (Wildman–Crippen LogP) is 7.87. The normalized spacial score (nSPS) is 13.4. The summed E-state index contributed by atoms with van der Waals surface area (Å²) in [6.45, 7) is 5.89. The summed E-state index contributed by atoms with van der Waals surface area (Å²) in [4.78, 5) is 15.3. The van der Waals surface area contributed by atoms with Gasteiger partial charge in [0, 0.05) is 28.9 Å². The van der Waals surface area contributed by atoms with Crippen LogP contribution < -0.4 is 5.32 Å². The molecule has 0 saturated carbocycles. The summed E-state index contributed by atoms with van der Waals surface area (Å²) >= 11 is 0. The molecule has 0 fully saturated rings. The standard InChI is InChI=1S/C27H25F6N5/c1-15(2)38(4)16(3)24-36-22-14-17(23-21(27(31,32)33)6-5-13-34-23)7-12-20(22)25(37-24)35-19-10-8-18(9-11-19)26(28,29)30/h5-16H,1-4H3,(H,35,36,37). The Hall–Kier alpha value is -3.73. The molecule has 0 spiro atoms. The summed E-state index contributed by atoms with van der Waals surface area (Å²) in [5.41, 5.74) is -0.938. The molecule has 200 valence electrons. The van der Waals surface area contributed by atoms with Crippen molar-refractivity contribution >= 4 is 22.4 Å². The Morgan fingerprint density at radius 1 is 0.842 bits per heavy atom. The van der Waals surface area contributed by atoms with Gasteiger partial charge in [0.15, 0.2) is 0 Å². The van der Waals surface area contributed by atoms with Crippen LogP contribution in [-0.2, 0) is 12.4 Å². The molecule has 2 aromatic carbocycles. The van der Waals surface area contributed by atoms with E-state index in [1.54, 1.807) is 6.07 Å². The molecule has 0 amide bonds. The monoisotopic (exact) mass is 533 g/mol. The predicted molar refractivity (Wildman–Crippen MR) is 134 cm³/mol. The van der Waals surface area contributed by atoms with Crippen LogP contribution in [0.5, 0.6) is 0 Å². The van der Waals surface area contributed by atoms with Crippen LogP contribution in [0.1, 0.15) is 43.8 Å². The number of hydrogen-bond donors (Lipinski definition) is 1. The van der Waals surface area contributed by atoms with Crippen molar-refractivity contribution in [1.82, 2.24) is 19.9 Å². The van der Waals surface area contributed by atoms with Gasteiger partial charge < -0.3 is 5.32 Å². The average molecular weight is 534 g/mol. The third-order valence-corrected chi connectivity index (χ3v) is 6.37. The van der Waals surface area contributed by atoms with Gasteiger partial charge in [-0.1, -0.05) is 6.07 Å². The molecule has 1 unspecified atom stereocenters. The molecule has 1 atom stereocenters. The number of alkyl halides is 6. The third-order valence-electron chi connectivity index (χ3n) is 6.37. The van der Waals surface area contributed by atoms with Gasteiger partial charge in [-0.25, -0.2) is 9.97 Å². The van der Waals surface area contributed by atoms with Crippen LogP contribution in [0.4, 0.5) is 37.8 Å². The van der Waals surface area contributed by atoms with Crippen molar-refractivity contribution in [3.63, 3.8) is 0 Å². The number of anilines is 2. The number of aromatic nitrogens is 3. The molecule has 38 heavy (non-hydrogen) atoms. The molecule has 4 aromatic rings. The van der Waals surface area contributed by atoms with Gasteiger partial charge in [-0.2, -0.15) is 26.3 Å². The van der Waals surface area contributed by atoms with E-state index in [4.69, 9.17) is 0 Å². The number of halogens is 6. The molecule has 2 heterocycles. The van der Waals surface area contributed by atoms with Crippen molar-refractivity contribution < 1.29 is 26.3 Å². The van der Waals surface area contributed by atoms with Gasteiger partial charge in [-0.3, -0.25) is 9.88 Å². The number of nitrogens with one attached hydrogen (secondary N) is 1. The Balaban J connectivity index is 1.85. The number of rotatable bonds is 6. The minimum Gasteiger partial charge on any atom is -0.340 e. The second kappa shape index (κ2) is 10.2. The topological polar surface area (TPSA) is 53.9 Å². The van der Waals surface area contributed by atoms with Crippen molar-refractivity contribution in [3.8, 4) is 11.3 Å². The Morgan fingerprint density at radius 2 is 1.53 bits per heavy atom. The summed E-state index contributed by atoms with van der Waals surface area (Å²) < 4.78 is 79.9. The first-order chi connectivity index (χ1) is 17.8. The summed E-state index contributed by atoms with van der Waals surface area (Å²) in [6, 6.07) is 11.1. The molecule has 0 aliphatic rings. The van der Waals surface area contributed by atoms with E-state index in [1.807, 2.05) is 32.7 Å². The van der Waals surface area contributed by atoms with Crippen LogP contribution in [0.2, 0.25) is 0 Å². The molecule has 0 radical (unpaired) electrons. The number of hydrogen-bond acceptors (Lipinski definition) is 5. The molecule has 4 rings (SSSR count). The molecule has 1 N–H and O–H groups in total. The van der Waals surface area contributed by atoms with Crippen molar-refractivity contribution in [2.45, 2.75) is 45.2 Å². The van der Waals surface area contributed by atoms with Crippen molar-refractivity contribution in [3.05, 3.63) is 77.7 Å². The van der Waals surface area contributed by atoms with Gasteiger partial charge in [0.05, 0.1) is 28.4 Å². The Bertz CT molecular complexity index is 1430. The summed E-state index contributed by atoms with van der Waals surface area (Å²) in [7, 11) is 1.89. The number of fused-ring (bicyclic) bond motifs is 1. The Morgan fingerprint density at radius 3 is 2.13 bits per heavy atom. The van der Waals surface area contributed by atoms with Crippen LogP contribution in [0.3, 0.4) is 0 Å². The molecule has 0 bridgehead atoms. The van der Waals surface area contributed by atoms with Crippen LogP contribution >= 0.6 is 0 Å². The first kappa shape index (κ1) is 27.3. The van der Waals surface area contributed by atoms with Gasteiger partial charge in [0.2, 0.25) is 0 Å². The van der Waals surface area contributed by atoms with Crippen molar-refractivity contribution in [2.75, 3.05) is 12.4 Å². The second-order valence-corrected chi connectivity index (χ2v) is 9.19. The highest BCUT2D eigenvalue weighted by atomic mass is 19.4. The maximum atomic E-state index is 13.6. The van der Waals surface area contributed by atoms with Crippen LogP contribution in [0, 0.1) is 0 Å². The second-order valence-electron chi connectivity index (χ2n) is 9.19. The molecule has 0 aliphatic heterocycles. The van der Waals surface area contributed by atoms with E-state index in [2.05, 4.69) is 20.3 Å². The quantitative estimate of drug-likeness (QED) is 0.256. The summed E-state index contributed by atoms with van der Waals surface area (Å²) in [6.07, 6.45) is -7.78. The highest BCUT2D eigenvalue weighted by Gasteiger charge is 2.34. The fourth-order valence-electron chi connectivity index (χ4n) is 3.95. The molecular weight excluding hydrogens is 508 g/mol. The van der Waals surface area contributed by atoms with Gasteiger partial charge in [-0.05, 0) is 76.3 Å². The van der Waals surface area contributed by atoms with Crippen LogP contribution in [0.25, 0.3) is 22.2 Å². The maximum absolute atomic E-state index is 13.6. The number of nitrogens with zero attached hydrogens (tertiary/aromatic N) is 4. The van der Waals surface area contributed by atoms with Crippen molar-refractivity contribution in [1.29, 1.82) is 0 Å². The van der Waals surface area contributed by atoms with Gasteiger partial charge in [0.25, 0.3) is 0 Å². The highest BCUT2D eigenvalue weighted by Crippen LogP contribution is 2.37. The van der Waals surface area contributed by atoms with E-state index in [0.717, 1.165) is 18.2 Å². The van der Waals surface area contributed by atoms with E-state index in [9.17, 15) is 26.3 Å². The third kappa shape index (κ3) is 5.72. The smallest absolute Gasteiger partial charge is 0.340 e. The zero-order valence-electron chi connectivity index (χ0n) is 21.0. The maximum Gasteiger partial charge on any atom is 0.418 e. The van der Waals surface area contributed by atoms with E-state index < -0.39 is 23.5 Å². The van der Waals surface area contributed by atoms with Crippen LogP contribution in [0.15, 0.2) is 60.8 Å². The zero-order valence-corrected chi connectivity index (χ0v) is 21.0. The minimum atomic E-state index is -4.60. The lowest BCUT2D eigenvalue weighted by Crippen LogP contribution is -2.30. The van der Waals surface area contributed by atoms with E-state index in [0.29, 0.717) is 28.2 Å². The molecular formula is C27H25F6N5. The first-order valence-corrected chi connectivity index (χ1v) is 11.8. The van der Waals surface area contributed by atoms with Gasteiger partial charge in [0.1, 0.15) is 11.6 Å². The van der Waals surface area contributed by atoms with Gasteiger partial charge in [-0.15, -0.1) is 0 Å². The SMILES string of the molecule is CC(C)N(C)C(C)c1nc(Nc2ccc(C(F)(F)F)cc2)c2ccc(-c3ncccc3C(F)(F)F)cc2n1. The Labute approximate surface area is 215 Å². The lowest BCUT2D eigenvalue weighted by atomic mass is 10.0. The lowest BCUT2D eigenvalue weighted by molar-refractivity contribution is -0.138. The van der Waals surface area contributed by atoms with Crippen LogP contribution in [-0.4, -0.2) is 32.9 Å². The fourth-order valence-corrected chi connectivity index (χ4v) is 3.95.